The number of benzodiazepines with no additional fused rings is 1. The molecule has 33 heavy (non-hydrogen) atoms. The first kappa shape index (κ1) is 24.0. The molecular weight excluding hydrogens is 437 g/mol. The minimum atomic E-state index is -4.51. The Balaban J connectivity index is 1.95. The molecule has 0 saturated carbocycles. The minimum absolute atomic E-state index is 0.439. The van der Waals surface area contributed by atoms with Crippen LogP contribution in [-0.2, 0) is 14.4 Å². The molecule has 2 aromatic carbocycles. The van der Waals surface area contributed by atoms with Crippen molar-refractivity contribution in [2.24, 2.45) is 16.6 Å². The topological polar surface area (TPSA) is 114 Å². The van der Waals surface area contributed by atoms with Gasteiger partial charge in [0.2, 0.25) is 18.0 Å². The van der Waals surface area contributed by atoms with E-state index in [-0.39, 0.29) is 0 Å². The number of nitrogens with zero attached hydrogens (tertiary/aromatic N) is 1. The molecule has 3 amide bonds. The fourth-order valence-corrected chi connectivity index (χ4v) is 3.57. The van der Waals surface area contributed by atoms with Crippen LogP contribution in [0.15, 0.2) is 53.5 Å². The van der Waals surface area contributed by atoms with Gasteiger partial charge in [-0.1, -0.05) is 42.5 Å². The van der Waals surface area contributed by atoms with Gasteiger partial charge in [0.1, 0.15) is 0 Å². The molecule has 2 atom stereocenters. The van der Waals surface area contributed by atoms with E-state index in [9.17, 15) is 27.6 Å². The third kappa shape index (κ3) is 6.18. The highest BCUT2D eigenvalue weighted by Gasteiger charge is 2.34. The SMILES string of the molecule is Cc1ccccc1C1=NC(NC(=O)C(CCC(F)(F)F)CC(N)=O)C(=O)Nc2ccccc21. The minimum Gasteiger partial charge on any atom is -0.370 e. The van der Waals surface area contributed by atoms with E-state index in [1.54, 1.807) is 30.3 Å². The summed E-state index contributed by atoms with van der Waals surface area (Å²) >= 11 is 0. The zero-order chi connectivity index (χ0) is 24.2. The number of rotatable bonds is 7. The van der Waals surface area contributed by atoms with Crippen LogP contribution in [0.1, 0.15) is 36.0 Å². The number of anilines is 1. The number of carbonyl (C=O) groups is 3. The average Bonchev–Trinajstić information content (AvgIpc) is 2.87. The summed E-state index contributed by atoms with van der Waals surface area (Å²) in [5.74, 6) is -3.83. The van der Waals surface area contributed by atoms with Gasteiger partial charge < -0.3 is 16.4 Å². The van der Waals surface area contributed by atoms with Crippen LogP contribution in [0.4, 0.5) is 18.9 Å². The Hall–Kier alpha value is -3.69. The normalized spacial score (nSPS) is 16.7. The largest absolute Gasteiger partial charge is 0.389 e. The summed E-state index contributed by atoms with van der Waals surface area (Å²) in [4.78, 5) is 41.4. The number of benzene rings is 2. The Morgan fingerprint density at radius 2 is 1.76 bits per heavy atom. The van der Waals surface area contributed by atoms with Crippen LogP contribution in [0.3, 0.4) is 0 Å². The van der Waals surface area contributed by atoms with Crippen molar-refractivity contribution in [3.05, 3.63) is 65.2 Å². The van der Waals surface area contributed by atoms with E-state index in [2.05, 4.69) is 15.6 Å². The lowest BCUT2D eigenvalue weighted by molar-refractivity contribution is -0.143. The molecule has 0 bridgehead atoms. The molecule has 4 N–H and O–H groups in total. The highest BCUT2D eigenvalue weighted by atomic mass is 19.4. The van der Waals surface area contributed by atoms with Crippen LogP contribution in [0.25, 0.3) is 0 Å². The number of primary amides is 1. The highest BCUT2D eigenvalue weighted by molar-refractivity contribution is 6.20. The predicted molar refractivity (Wildman–Crippen MR) is 116 cm³/mol. The molecular formula is C23H23F3N4O3. The Kier molecular flexibility index (Phi) is 7.15. The molecule has 2 unspecified atom stereocenters. The van der Waals surface area contributed by atoms with Crippen molar-refractivity contribution in [1.82, 2.24) is 5.32 Å². The number of hydrogen-bond donors (Lipinski definition) is 3. The Labute approximate surface area is 188 Å². The number of carbonyl (C=O) groups excluding carboxylic acids is 3. The smallest absolute Gasteiger partial charge is 0.370 e. The zero-order valence-corrected chi connectivity index (χ0v) is 17.8. The van der Waals surface area contributed by atoms with Crippen LogP contribution in [0.2, 0.25) is 0 Å². The standard InChI is InChI=1S/C23H23F3N4O3/c1-13-6-2-3-7-15(13)19-16-8-4-5-9-17(16)28-22(33)20(29-19)30-21(32)14(12-18(27)31)10-11-23(24,25)26/h2-9,14,20H,10-12H2,1H3,(H2,27,31)(H,28,33)(H,30,32). The van der Waals surface area contributed by atoms with Gasteiger partial charge >= 0.3 is 6.18 Å². The molecule has 1 aliphatic rings. The lowest BCUT2D eigenvalue weighted by atomic mass is 9.97. The molecule has 1 heterocycles. The first-order valence-electron chi connectivity index (χ1n) is 10.2. The van der Waals surface area contributed by atoms with E-state index in [0.717, 1.165) is 11.1 Å². The highest BCUT2D eigenvalue weighted by Crippen LogP contribution is 2.27. The average molecular weight is 460 g/mol. The summed E-state index contributed by atoms with van der Waals surface area (Å²) in [6.07, 6.45) is -8.40. The summed E-state index contributed by atoms with van der Waals surface area (Å²) in [7, 11) is 0. The first-order valence-corrected chi connectivity index (χ1v) is 10.2. The molecule has 1 aliphatic heterocycles. The second-order valence-electron chi connectivity index (χ2n) is 7.76. The number of amides is 3. The third-order valence-electron chi connectivity index (χ3n) is 5.22. The van der Waals surface area contributed by atoms with Gasteiger partial charge in [-0.3, -0.25) is 14.4 Å². The van der Waals surface area contributed by atoms with E-state index in [1.807, 2.05) is 25.1 Å². The van der Waals surface area contributed by atoms with Crippen molar-refractivity contribution >= 4 is 29.1 Å². The molecule has 0 aromatic heterocycles. The van der Waals surface area contributed by atoms with Gasteiger partial charge in [-0.15, -0.1) is 0 Å². The fourth-order valence-electron chi connectivity index (χ4n) is 3.57. The van der Waals surface area contributed by atoms with E-state index < -0.39 is 55.2 Å². The van der Waals surface area contributed by atoms with Gasteiger partial charge in [0, 0.05) is 29.9 Å². The maximum absolute atomic E-state index is 12.8. The maximum atomic E-state index is 12.8. The number of alkyl halides is 3. The van der Waals surface area contributed by atoms with Gasteiger partial charge in [0.25, 0.3) is 5.91 Å². The number of nitrogens with two attached hydrogens (primary N) is 1. The molecule has 10 heteroatoms. The number of halogens is 3. The lowest BCUT2D eigenvalue weighted by Gasteiger charge is -2.19. The van der Waals surface area contributed by atoms with Crippen LogP contribution < -0.4 is 16.4 Å². The monoisotopic (exact) mass is 460 g/mol. The fraction of sp³-hybridized carbons (Fsp3) is 0.304. The van der Waals surface area contributed by atoms with Gasteiger partial charge in [0.15, 0.2) is 0 Å². The van der Waals surface area contributed by atoms with Crippen molar-refractivity contribution in [3.8, 4) is 0 Å². The molecule has 0 saturated heterocycles. The van der Waals surface area contributed by atoms with Crippen LogP contribution >= 0.6 is 0 Å². The van der Waals surface area contributed by atoms with E-state index in [4.69, 9.17) is 5.73 Å². The molecule has 0 aliphatic carbocycles. The number of aryl methyl sites for hydroxylation is 1. The molecule has 0 radical (unpaired) electrons. The van der Waals surface area contributed by atoms with Crippen LogP contribution in [0.5, 0.6) is 0 Å². The number of hydrogen-bond acceptors (Lipinski definition) is 4. The third-order valence-corrected chi connectivity index (χ3v) is 5.22. The van der Waals surface area contributed by atoms with Gasteiger partial charge in [0.05, 0.1) is 11.4 Å². The van der Waals surface area contributed by atoms with Crippen molar-refractivity contribution in [2.45, 2.75) is 38.5 Å². The van der Waals surface area contributed by atoms with Crippen LogP contribution in [-0.4, -0.2) is 35.8 Å². The van der Waals surface area contributed by atoms with Crippen LogP contribution in [0, 0.1) is 12.8 Å². The number of aliphatic imine (C=N–C) groups is 1. The number of fused-ring (bicyclic) bond motifs is 1. The first-order chi connectivity index (χ1) is 15.5. The van der Waals surface area contributed by atoms with Gasteiger partial charge in [-0.05, 0) is 25.0 Å². The quantitative estimate of drug-likeness (QED) is 0.590. The molecule has 0 spiro atoms. The van der Waals surface area contributed by atoms with Gasteiger partial charge in [-0.2, -0.15) is 13.2 Å². The summed E-state index contributed by atoms with van der Waals surface area (Å²) in [6, 6.07) is 14.3. The molecule has 2 aromatic rings. The van der Waals surface area contributed by atoms with E-state index in [0.29, 0.717) is 17.0 Å². The maximum Gasteiger partial charge on any atom is 0.389 e. The number of para-hydroxylation sites is 1. The molecule has 174 valence electrons. The van der Waals surface area contributed by atoms with Gasteiger partial charge in [-0.25, -0.2) is 4.99 Å². The summed E-state index contributed by atoms with van der Waals surface area (Å²) < 4.78 is 38.1. The molecule has 7 nitrogen and oxygen atoms in total. The summed E-state index contributed by atoms with van der Waals surface area (Å²) in [5, 5.41) is 5.08. The summed E-state index contributed by atoms with van der Waals surface area (Å²) in [5.41, 5.74) is 8.27. The van der Waals surface area contributed by atoms with Crippen molar-refractivity contribution in [2.75, 3.05) is 5.32 Å². The summed E-state index contributed by atoms with van der Waals surface area (Å²) in [6.45, 7) is 1.87. The van der Waals surface area contributed by atoms with Crippen molar-refractivity contribution < 1.29 is 27.6 Å². The Morgan fingerprint density at radius 1 is 1.12 bits per heavy atom. The van der Waals surface area contributed by atoms with E-state index >= 15 is 0 Å². The van der Waals surface area contributed by atoms with Crippen molar-refractivity contribution in [1.29, 1.82) is 0 Å². The Bertz CT molecular complexity index is 1100. The van der Waals surface area contributed by atoms with E-state index in [1.165, 1.54) is 0 Å². The molecule has 3 rings (SSSR count). The number of nitrogens with one attached hydrogen (secondary N) is 2. The second kappa shape index (κ2) is 9.85. The predicted octanol–water partition coefficient (Wildman–Crippen LogP) is 3.06. The Morgan fingerprint density at radius 3 is 2.39 bits per heavy atom. The molecule has 0 fully saturated rings. The van der Waals surface area contributed by atoms with Crippen molar-refractivity contribution in [3.63, 3.8) is 0 Å². The zero-order valence-electron chi connectivity index (χ0n) is 17.8. The second-order valence-corrected chi connectivity index (χ2v) is 7.76. The lowest BCUT2D eigenvalue weighted by Crippen LogP contribution is -2.45.